The highest BCUT2D eigenvalue weighted by Crippen LogP contribution is 2.26. The predicted molar refractivity (Wildman–Crippen MR) is 144 cm³/mol. The van der Waals surface area contributed by atoms with E-state index in [1.54, 1.807) is 25.3 Å². The molecule has 192 valence electrons. The number of anilines is 3. The average molecular weight is 529 g/mol. The second kappa shape index (κ2) is 9.38. The molecule has 4 heterocycles. The van der Waals surface area contributed by atoms with Crippen LogP contribution in [0, 0.1) is 0 Å². The lowest BCUT2D eigenvalue weighted by Gasteiger charge is -2.35. The summed E-state index contributed by atoms with van der Waals surface area (Å²) in [4.78, 5) is 28.8. The first kappa shape index (κ1) is 23.8. The number of fused-ring (bicyclic) bond motifs is 2. The fourth-order valence-electron chi connectivity index (χ4n) is 4.57. The van der Waals surface area contributed by atoms with Crippen molar-refractivity contribution >= 4 is 55.2 Å². The molecular weight excluding hydrogens is 504 g/mol. The Labute approximate surface area is 218 Å². The molecule has 0 radical (unpaired) electrons. The molecule has 5 aromatic rings. The summed E-state index contributed by atoms with van der Waals surface area (Å²) in [7, 11) is -4.07. The van der Waals surface area contributed by atoms with Gasteiger partial charge in [0.1, 0.15) is 4.90 Å². The topological polar surface area (TPSA) is 126 Å². The molecule has 1 fully saturated rings. The van der Waals surface area contributed by atoms with Crippen LogP contribution in [0.2, 0.25) is 0 Å². The predicted octanol–water partition coefficient (Wildman–Crippen LogP) is 3.02. The van der Waals surface area contributed by atoms with Gasteiger partial charge in [-0.05, 0) is 36.4 Å². The van der Waals surface area contributed by atoms with Crippen LogP contribution in [-0.2, 0) is 14.8 Å². The van der Waals surface area contributed by atoms with Crippen molar-refractivity contribution in [1.82, 2.24) is 29.0 Å². The molecule has 1 amide bonds. The first-order valence-electron chi connectivity index (χ1n) is 12.1. The SMILES string of the molecule is CC(=O)N1CCN(c2ccc(Nc3ncc4cnn(S(=O)(=O)c5cccc6cccnc56)c4n3)cc2)CC1. The van der Waals surface area contributed by atoms with Gasteiger partial charge in [-0.25, -0.2) is 4.98 Å². The third-order valence-corrected chi connectivity index (χ3v) is 8.20. The maximum absolute atomic E-state index is 13.6. The number of hydrogen-bond donors (Lipinski definition) is 1. The molecule has 1 aliphatic rings. The zero-order valence-corrected chi connectivity index (χ0v) is 21.3. The van der Waals surface area contributed by atoms with E-state index in [0.717, 1.165) is 28.6 Å². The number of amides is 1. The van der Waals surface area contributed by atoms with Crippen molar-refractivity contribution in [1.29, 1.82) is 0 Å². The number of benzene rings is 2. The van der Waals surface area contributed by atoms with Crippen LogP contribution in [0.15, 0.2) is 78.1 Å². The number of piperazine rings is 1. The Morgan fingerprint density at radius 1 is 0.895 bits per heavy atom. The Balaban J connectivity index is 1.26. The Bertz CT molecular complexity index is 1760. The standard InChI is InChI=1S/C26H24N8O3S/c1-18(35)32-12-14-33(15-13-32)22-9-7-21(8-10-22)30-26-28-16-20-17-29-34(25(20)31-26)38(36,37)23-6-2-4-19-5-3-11-27-24(19)23/h2-11,16-17H,12-15H2,1H3,(H,28,30,31). The minimum absolute atomic E-state index is 0.0495. The van der Waals surface area contributed by atoms with E-state index in [1.807, 2.05) is 41.3 Å². The van der Waals surface area contributed by atoms with E-state index in [1.165, 1.54) is 18.5 Å². The maximum Gasteiger partial charge on any atom is 0.287 e. The molecule has 38 heavy (non-hydrogen) atoms. The summed E-state index contributed by atoms with van der Waals surface area (Å²) in [5.74, 6) is 0.345. The van der Waals surface area contributed by atoms with Gasteiger partial charge in [0, 0.05) is 62.3 Å². The first-order valence-corrected chi connectivity index (χ1v) is 13.5. The van der Waals surface area contributed by atoms with Gasteiger partial charge in [-0.1, -0.05) is 18.2 Å². The number of hydrogen-bond acceptors (Lipinski definition) is 9. The number of carbonyl (C=O) groups is 1. The van der Waals surface area contributed by atoms with Crippen molar-refractivity contribution in [3.05, 3.63) is 73.2 Å². The lowest BCUT2D eigenvalue weighted by Crippen LogP contribution is -2.48. The second-order valence-corrected chi connectivity index (χ2v) is 10.7. The van der Waals surface area contributed by atoms with Crippen LogP contribution in [-0.4, -0.2) is 69.5 Å². The molecule has 1 aliphatic heterocycles. The quantitative estimate of drug-likeness (QED) is 0.366. The Morgan fingerprint density at radius 3 is 2.42 bits per heavy atom. The molecule has 11 nitrogen and oxygen atoms in total. The number of para-hydroxylation sites is 1. The van der Waals surface area contributed by atoms with Crippen molar-refractivity contribution < 1.29 is 13.2 Å². The minimum Gasteiger partial charge on any atom is -0.368 e. The molecule has 0 aliphatic carbocycles. The molecular formula is C26H24N8O3S. The highest BCUT2D eigenvalue weighted by atomic mass is 32.2. The summed E-state index contributed by atoms with van der Waals surface area (Å²) in [5.41, 5.74) is 2.34. The van der Waals surface area contributed by atoms with Gasteiger partial charge in [-0.2, -0.15) is 18.5 Å². The zero-order valence-electron chi connectivity index (χ0n) is 20.5. The molecule has 12 heteroatoms. The summed E-state index contributed by atoms with van der Waals surface area (Å²) in [6, 6.07) is 16.4. The van der Waals surface area contributed by atoms with Crippen LogP contribution >= 0.6 is 0 Å². The van der Waals surface area contributed by atoms with E-state index in [9.17, 15) is 13.2 Å². The third-order valence-electron chi connectivity index (χ3n) is 6.59. The van der Waals surface area contributed by atoms with E-state index >= 15 is 0 Å². The largest absolute Gasteiger partial charge is 0.368 e. The van der Waals surface area contributed by atoms with Gasteiger partial charge in [0.15, 0.2) is 5.65 Å². The molecule has 1 N–H and O–H groups in total. The van der Waals surface area contributed by atoms with Gasteiger partial charge in [0.05, 0.1) is 17.1 Å². The van der Waals surface area contributed by atoms with Gasteiger partial charge in [-0.3, -0.25) is 9.78 Å². The van der Waals surface area contributed by atoms with Gasteiger partial charge in [-0.15, -0.1) is 4.09 Å². The number of nitrogens with zero attached hydrogens (tertiary/aromatic N) is 7. The molecule has 0 bridgehead atoms. The van der Waals surface area contributed by atoms with Crippen molar-refractivity contribution in [2.45, 2.75) is 11.8 Å². The Hall–Kier alpha value is -4.58. The van der Waals surface area contributed by atoms with Crippen molar-refractivity contribution in [3.63, 3.8) is 0 Å². The summed E-state index contributed by atoms with van der Waals surface area (Å²) in [6.45, 7) is 4.55. The van der Waals surface area contributed by atoms with Gasteiger partial charge in [0.2, 0.25) is 11.9 Å². The van der Waals surface area contributed by atoms with E-state index in [2.05, 4.69) is 30.3 Å². The highest BCUT2D eigenvalue weighted by Gasteiger charge is 2.25. The maximum atomic E-state index is 13.6. The molecule has 6 rings (SSSR count). The number of rotatable bonds is 5. The average Bonchev–Trinajstić information content (AvgIpc) is 3.37. The molecule has 0 spiro atoms. The lowest BCUT2D eigenvalue weighted by atomic mass is 10.2. The van der Waals surface area contributed by atoms with E-state index in [0.29, 0.717) is 29.4 Å². The second-order valence-electron chi connectivity index (χ2n) is 8.96. The molecule has 2 aromatic carbocycles. The smallest absolute Gasteiger partial charge is 0.287 e. The molecule has 0 saturated carbocycles. The van der Waals surface area contributed by atoms with Crippen LogP contribution in [0.3, 0.4) is 0 Å². The fourth-order valence-corrected chi connectivity index (χ4v) is 5.97. The Morgan fingerprint density at radius 2 is 1.66 bits per heavy atom. The fraction of sp³-hybridized carbons (Fsp3) is 0.192. The van der Waals surface area contributed by atoms with Crippen molar-refractivity contribution in [2.75, 3.05) is 36.4 Å². The summed E-state index contributed by atoms with van der Waals surface area (Å²) >= 11 is 0. The van der Waals surface area contributed by atoms with Crippen LogP contribution in [0.1, 0.15) is 6.92 Å². The number of carbonyl (C=O) groups excluding carboxylic acids is 1. The van der Waals surface area contributed by atoms with Crippen LogP contribution < -0.4 is 10.2 Å². The summed E-state index contributed by atoms with van der Waals surface area (Å²) in [6.07, 6.45) is 4.52. The summed E-state index contributed by atoms with van der Waals surface area (Å²) < 4.78 is 28.1. The van der Waals surface area contributed by atoms with Crippen molar-refractivity contribution in [2.24, 2.45) is 0 Å². The number of aromatic nitrogens is 5. The molecule has 0 atom stereocenters. The third kappa shape index (κ3) is 4.28. The van der Waals surface area contributed by atoms with E-state index in [4.69, 9.17) is 0 Å². The number of nitrogens with one attached hydrogen (secondary N) is 1. The minimum atomic E-state index is -4.07. The van der Waals surface area contributed by atoms with Crippen LogP contribution in [0.4, 0.5) is 17.3 Å². The van der Waals surface area contributed by atoms with E-state index in [-0.39, 0.29) is 22.4 Å². The molecule has 3 aromatic heterocycles. The van der Waals surface area contributed by atoms with Crippen LogP contribution in [0.5, 0.6) is 0 Å². The van der Waals surface area contributed by atoms with E-state index < -0.39 is 10.0 Å². The highest BCUT2D eigenvalue weighted by molar-refractivity contribution is 7.90. The van der Waals surface area contributed by atoms with Gasteiger partial charge >= 0.3 is 0 Å². The monoisotopic (exact) mass is 528 g/mol. The Kier molecular flexibility index (Phi) is 5.87. The number of pyridine rings is 1. The van der Waals surface area contributed by atoms with Crippen LogP contribution in [0.25, 0.3) is 21.9 Å². The molecule has 0 unspecified atom stereocenters. The first-order chi connectivity index (χ1) is 18.4. The van der Waals surface area contributed by atoms with Crippen molar-refractivity contribution in [3.8, 4) is 0 Å². The normalized spacial score (nSPS) is 14.2. The summed E-state index contributed by atoms with van der Waals surface area (Å²) in [5, 5.41) is 8.47. The molecule has 1 saturated heterocycles. The zero-order chi connectivity index (χ0) is 26.3. The van der Waals surface area contributed by atoms with Gasteiger partial charge in [0.25, 0.3) is 10.0 Å². The lowest BCUT2D eigenvalue weighted by molar-refractivity contribution is -0.129. The van der Waals surface area contributed by atoms with Gasteiger partial charge < -0.3 is 15.1 Å².